The van der Waals surface area contributed by atoms with E-state index in [4.69, 9.17) is 10.5 Å². The number of nitrogens with two attached hydrogens (primary N) is 1. The van der Waals surface area contributed by atoms with Crippen LogP contribution in [0.4, 0.5) is 4.39 Å². The minimum Gasteiger partial charge on any atom is -0.488 e. The Balaban J connectivity index is 2.14. The molecule has 0 atom stereocenters. The molecule has 0 fully saturated rings. The van der Waals surface area contributed by atoms with Crippen molar-refractivity contribution in [2.24, 2.45) is 5.73 Å². The Bertz CT molecular complexity index is 581. The van der Waals surface area contributed by atoms with E-state index in [0.29, 0.717) is 17.9 Å². The van der Waals surface area contributed by atoms with Crippen LogP contribution >= 0.6 is 0 Å². The first-order chi connectivity index (χ1) is 9.11. The summed E-state index contributed by atoms with van der Waals surface area (Å²) in [6.07, 6.45) is 0. The lowest BCUT2D eigenvalue weighted by atomic mass is 10.1. The van der Waals surface area contributed by atoms with Crippen molar-refractivity contribution in [3.63, 3.8) is 0 Å². The van der Waals surface area contributed by atoms with Gasteiger partial charge in [-0.2, -0.15) is 0 Å². The number of hydrogen-bond acceptors (Lipinski definition) is 2. The summed E-state index contributed by atoms with van der Waals surface area (Å²) in [6.45, 7) is 4.68. The van der Waals surface area contributed by atoms with Gasteiger partial charge in [-0.3, -0.25) is 0 Å². The molecule has 0 spiro atoms. The van der Waals surface area contributed by atoms with Crippen molar-refractivity contribution in [2.75, 3.05) is 0 Å². The quantitative estimate of drug-likeness (QED) is 0.912. The molecule has 19 heavy (non-hydrogen) atoms. The number of hydrogen-bond donors (Lipinski definition) is 1. The zero-order valence-electron chi connectivity index (χ0n) is 11.2. The van der Waals surface area contributed by atoms with E-state index in [2.05, 4.69) is 26.0 Å². The first-order valence-corrected chi connectivity index (χ1v) is 6.28. The highest BCUT2D eigenvalue weighted by atomic mass is 19.1. The lowest BCUT2D eigenvalue weighted by molar-refractivity contribution is 0.300. The first kappa shape index (κ1) is 13.6. The molecule has 0 aliphatic rings. The second kappa shape index (κ2) is 5.85. The lowest BCUT2D eigenvalue weighted by Crippen LogP contribution is -2.05. The average Bonchev–Trinajstić information content (AvgIpc) is 2.40. The topological polar surface area (TPSA) is 35.2 Å². The Hall–Kier alpha value is -1.87. The largest absolute Gasteiger partial charge is 0.488 e. The molecule has 0 saturated carbocycles. The minimum absolute atomic E-state index is 0.134. The fraction of sp³-hybridized carbons (Fsp3) is 0.250. The second-order valence-corrected chi connectivity index (χ2v) is 4.63. The normalized spacial score (nSPS) is 10.5. The summed E-state index contributed by atoms with van der Waals surface area (Å²) in [5.41, 5.74) is 9.50. The monoisotopic (exact) mass is 259 g/mol. The van der Waals surface area contributed by atoms with Crippen molar-refractivity contribution in [3.8, 4) is 5.75 Å². The molecule has 0 amide bonds. The fourth-order valence-corrected chi connectivity index (χ4v) is 1.93. The number of aryl methyl sites for hydroxylation is 2. The van der Waals surface area contributed by atoms with Gasteiger partial charge in [-0.05, 0) is 42.7 Å². The summed E-state index contributed by atoms with van der Waals surface area (Å²) >= 11 is 0. The van der Waals surface area contributed by atoms with E-state index in [1.807, 2.05) is 6.07 Å². The van der Waals surface area contributed by atoms with E-state index in [-0.39, 0.29) is 12.4 Å². The number of rotatable bonds is 4. The van der Waals surface area contributed by atoms with Gasteiger partial charge in [-0.1, -0.05) is 24.3 Å². The number of ether oxygens (including phenoxy) is 1. The third-order valence-electron chi connectivity index (χ3n) is 3.25. The maximum Gasteiger partial charge on any atom is 0.131 e. The Morgan fingerprint density at radius 2 is 1.89 bits per heavy atom. The van der Waals surface area contributed by atoms with Gasteiger partial charge in [0.05, 0.1) is 0 Å². The highest BCUT2D eigenvalue weighted by Gasteiger charge is 2.08. The van der Waals surface area contributed by atoms with Crippen molar-refractivity contribution in [1.29, 1.82) is 0 Å². The van der Waals surface area contributed by atoms with Gasteiger partial charge < -0.3 is 10.5 Å². The molecular formula is C16H18FNO. The third kappa shape index (κ3) is 3.12. The Labute approximate surface area is 113 Å². The maximum atomic E-state index is 13.5. The highest BCUT2D eigenvalue weighted by Crippen LogP contribution is 2.22. The van der Waals surface area contributed by atoms with Crippen molar-refractivity contribution in [2.45, 2.75) is 27.0 Å². The van der Waals surface area contributed by atoms with E-state index >= 15 is 0 Å². The summed E-state index contributed by atoms with van der Waals surface area (Å²) < 4.78 is 19.2. The molecule has 0 saturated heterocycles. The van der Waals surface area contributed by atoms with Crippen molar-refractivity contribution < 1.29 is 9.13 Å². The van der Waals surface area contributed by atoms with Gasteiger partial charge in [0, 0.05) is 12.1 Å². The molecule has 2 nitrogen and oxygen atoms in total. The molecule has 0 radical (unpaired) electrons. The van der Waals surface area contributed by atoms with E-state index < -0.39 is 0 Å². The van der Waals surface area contributed by atoms with E-state index in [1.54, 1.807) is 12.1 Å². The van der Waals surface area contributed by atoms with Crippen LogP contribution in [0.15, 0.2) is 36.4 Å². The van der Waals surface area contributed by atoms with Crippen molar-refractivity contribution >= 4 is 0 Å². The molecule has 2 aromatic rings. The molecule has 2 N–H and O–H groups in total. The second-order valence-electron chi connectivity index (χ2n) is 4.63. The Morgan fingerprint density at radius 3 is 2.58 bits per heavy atom. The van der Waals surface area contributed by atoms with Crippen LogP contribution in [0.1, 0.15) is 22.3 Å². The minimum atomic E-state index is -0.319. The van der Waals surface area contributed by atoms with Gasteiger partial charge in [0.2, 0.25) is 0 Å². The van der Waals surface area contributed by atoms with Crippen molar-refractivity contribution in [3.05, 3.63) is 64.5 Å². The molecular weight excluding hydrogens is 241 g/mol. The van der Waals surface area contributed by atoms with Gasteiger partial charge >= 0.3 is 0 Å². The molecule has 0 aromatic heterocycles. The molecule has 100 valence electrons. The zero-order valence-corrected chi connectivity index (χ0v) is 11.2. The SMILES string of the molecule is Cc1ccc(COc2cccc(F)c2CN)cc1C. The molecule has 2 rings (SSSR count). The Morgan fingerprint density at radius 1 is 1.11 bits per heavy atom. The summed E-state index contributed by atoms with van der Waals surface area (Å²) in [6, 6.07) is 10.9. The van der Waals surface area contributed by atoms with Gasteiger partial charge in [0.1, 0.15) is 18.2 Å². The van der Waals surface area contributed by atoms with Crippen LogP contribution in [0.2, 0.25) is 0 Å². The standard InChI is InChI=1S/C16H18FNO/c1-11-6-7-13(8-12(11)2)10-19-16-5-3-4-15(17)14(16)9-18/h3-8H,9-10,18H2,1-2H3. The van der Waals surface area contributed by atoms with E-state index in [9.17, 15) is 4.39 Å². The molecule has 0 heterocycles. The van der Waals surface area contributed by atoms with Crippen LogP contribution in [0, 0.1) is 19.7 Å². The fourth-order valence-electron chi connectivity index (χ4n) is 1.93. The summed E-state index contributed by atoms with van der Waals surface area (Å²) in [7, 11) is 0. The van der Waals surface area contributed by atoms with Crippen LogP contribution in [0.3, 0.4) is 0 Å². The predicted octanol–water partition coefficient (Wildman–Crippen LogP) is 3.48. The number of halogens is 1. The van der Waals surface area contributed by atoms with Gasteiger partial charge in [0.25, 0.3) is 0 Å². The molecule has 0 aliphatic carbocycles. The zero-order chi connectivity index (χ0) is 13.8. The highest BCUT2D eigenvalue weighted by molar-refractivity contribution is 5.35. The third-order valence-corrected chi connectivity index (χ3v) is 3.25. The summed E-state index contributed by atoms with van der Waals surface area (Å²) in [4.78, 5) is 0. The predicted molar refractivity (Wildman–Crippen MR) is 74.5 cm³/mol. The van der Waals surface area contributed by atoms with Crippen LogP contribution < -0.4 is 10.5 Å². The molecule has 0 bridgehead atoms. The molecule has 0 unspecified atom stereocenters. The number of benzene rings is 2. The van der Waals surface area contributed by atoms with Crippen LogP contribution in [-0.4, -0.2) is 0 Å². The summed E-state index contributed by atoms with van der Waals surface area (Å²) in [5.74, 6) is 0.195. The lowest BCUT2D eigenvalue weighted by Gasteiger charge is -2.12. The smallest absolute Gasteiger partial charge is 0.131 e. The molecule has 3 heteroatoms. The van der Waals surface area contributed by atoms with E-state index in [0.717, 1.165) is 5.56 Å². The Kier molecular flexibility index (Phi) is 4.17. The average molecular weight is 259 g/mol. The maximum absolute atomic E-state index is 13.5. The van der Waals surface area contributed by atoms with Gasteiger partial charge in [-0.15, -0.1) is 0 Å². The van der Waals surface area contributed by atoms with Crippen LogP contribution in [0.5, 0.6) is 5.75 Å². The van der Waals surface area contributed by atoms with E-state index in [1.165, 1.54) is 17.2 Å². The first-order valence-electron chi connectivity index (χ1n) is 6.28. The van der Waals surface area contributed by atoms with Gasteiger partial charge in [0.15, 0.2) is 0 Å². The summed E-state index contributed by atoms with van der Waals surface area (Å²) in [5, 5.41) is 0. The molecule has 2 aromatic carbocycles. The van der Waals surface area contributed by atoms with Crippen LogP contribution in [0.25, 0.3) is 0 Å². The molecule has 0 aliphatic heterocycles. The van der Waals surface area contributed by atoms with Crippen molar-refractivity contribution in [1.82, 2.24) is 0 Å². The van der Waals surface area contributed by atoms with Crippen LogP contribution in [-0.2, 0) is 13.2 Å². The van der Waals surface area contributed by atoms with Gasteiger partial charge in [-0.25, -0.2) is 4.39 Å².